The lowest BCUT2D eigenvalue weighted by atomic mass is 9.96. The molecule has 2 aliphatic rings. The Hall–Kier alpha value is -2.83. The zero-order chi connectivity index (χ0) is 22.3. The van der Waals surface area contributed by atoms with Crippen LogP contribution in [0, 0.1) is 0 Å². The highest BCUT2D eigenvalue weighted by Gasteiger charge is 2.63. The molecule has 1 amide bonds. The first-order chi connectivity index (χ1) is 15.5. The number of carbonyl (C=O) groups is 2. The van der Waals surface area contributed by atoms with Crippen molar-refractivity contribution in [2.45, 2.75) is 37.4 Å². The van der Waals surface area contributed by atoms with Crippen LogP contribution in [0.25, 0.3) is 10.9 Å². The van der Waals surface area contributed by atoms with Crippen LogP contribution in [0.3, 0.4) is 0 Å². The predicted octanol–water partition coefficient (Wildman–Crippen LogP) is 3.78. The Kier molecular flexibility index (Phi) is 5.43. The number of para-hydroxylation sites is 1. The summed E-state index contributed by atoms with van der Waals surface area (Å²) in [5, 5.41) is 1.84. The summed E-state index contributed by atoms with van der Waals surface area (Å²) in [6, 6.07) is 15.2. The number of halogens is 1. The van der Waals surface area contributed by atoms with Crippen molar-refractivity contribution in [2.24, 2.45) is 0 Å². The number of esters is 1. The molecular weight excluding hydrogens is 426 g/mol. The fourth-order valence-corrected chi connectivity index (χ4v) is 5.19. The van der Waals surface area contributed by atoms with Gasteiger partial charge in [-0.1, -0.05) is 41.9 Å². The van der Waals surface area contributed by atoms with Gasteiger partial charge in [0.2, 0.25) is 5.91 Å². The van der Waals surface area contributed by atoms with Crippen LogP contribution in [0.1, 0.15) is 24.0 Å². The summed E-state index contributed by atoms with van der Waals surface area (Å²) >= 11 is 6.02. The summed E-state index contributed by atoms with van der Waals surface area (Å²) in [6.45, 7) is 1.29. The van der Waals surface area contributed by atoms with E-state index in [2.05, 4.69) is 11.1 Å². The minimum absolute atomic E-state index is 0.0523. The summed E-state index contributed by atoms with van der Waals surface area (Å²) in [7, 11) is 1.43. The van der Waals surface area contributed by atoms with Crippen LogP contribution in [-0.2, 0) is 27.3 Å². The largest absolute Gasteiger partial charge is 0.468 e. The minimum Gasteiger partial charge on any atom is -0.468 e. The van der Waals surface area contributed by atoms with Gasteiger partial charge in [0.15, 0.2) is 0 Å². The van der Waals surface area contributed by atoms with Gasteiger partial charge in [-0.05, 0) is 48.6 Å². The number of methoxy groups -OCH3 is 1. The fraction of sp³-hybridized carbons (Fsp3) is 0.360. The van der Waals surface area contributed by atoms with Crippen molar-refractivity contribution >= 4 is 34.4 Å². The average Bonchev–Trinajstić information content (AvgIpc) is 3.47. The van der Waals surface area contributed by atoms with Crippen LogP contribution < -0.4 is 0 Å². The molecule has 2 aromatic carbocycles. The number of aromatic nitrogens is 1. The zero-order valence-electron chi connectivity index (χ0n) is 18.0. The number of benzene rings is 2. The molecule has 0 radical (unpaired) electrons. The molecule has 32 heavy (non-hydrogen) atoms. The predicted molar refractivity (Wildman–Crippen MR) is 123 cm³/mol. The number of carbonyl (C=O) groups excluding carboxylic acids is 2. The van der Waals surface area contributed by atoms with Crippen LogP contribution in [0.2, 0.25) is 5.02 Å². The van der Waals surface area contributed by atoms with Gasteiger partial charge >= 0.3 is 5.97 Å². The number of nitrogens with one attached hydrogen (secondary N) is 1. The number of piperazine rings is 1. The van der Waals surface area contributed by atoms with Gasteiger partial charge in [-0.3, -0.25) is 14.5 Å². The molecule has 7 heteroatoms. The standard InChI is InChI=1S/C25H26ClN3O3/c1-32-24(31)23-25(11-12-25)29(15-17-6-8-19(26)9-7-17)22(30)16-28(23)13-10-18-14-27-21-5-3-2-4-20(18)21/h2-9,14,23,27H,10-13,15-16H2,1H3. The third kappa shape index (κ3) is 3.67. The molecule has 1 saturated carbocycles. The summed E-state index contributed by atoms with van der Waals surface area (Å²) in [5.41, 5.74) is 2.78. The second kappa shape index (κ2) is 8.26. The highest BCUT2D eigenvalue weighted by molar-refractivity contribution is 6.30. The van der Waals surface area contributed by atoms with E-state index < -0.39 is 11.6 Å². The summed E-state index contributed by atoms with van der Waals surface area (Å²) < 4.78 is 5.21. The molecule has 1 N–H and O–H groups in total. The van der Waals surface area contributed by atoms with E-state index >= 15 is 0 Å². The molecule has 6 nitrogen and oxygen atoms in total. The number of aromatic amines is 1. The maximum absolute atomic E-state index is 13.3. The second-order valence-corrected chi connectivity index (χ2v) is 9.15. The Balaban J connectivity index is 1.39. The van der Waals surface area contributed by atoms with E-state index in [0.717, 1.165) is 30.3 Å². The molecule has 0 bridgehead atoms. The number of fused-ring (bicyclic) bond motifs is 1. The van der Waals surface area contributed by atoms with Gasteiger partial charge in [-0.2, -0.15) is 0 Å². The van der Waals surface area contributed by atoms with Crippen molar-refractivity contribution < 1.29 is 14.3 Å². The number of hydrogen-bond acceptors (Lipinski definition) is 4. The molecule has 1 atom stereocenters. The van der Waals surface area contributed by atoms with Crippen LogP contribution in [-0.4, -0.2) is 58.4 Å². The number of H-pyrrole nitrogens is 1. The average molecular weight is 452 g/mol. The van der Waals surface area contributed by atoms with Crippen molar-refractivity contribution in [1.82, 2.24) is 14.8 Å². The number of rotatable bonds is 6. The van der Waals surface area contributed by atoms with Crippen molar-refractivity contribution in [3.8, 4) is 0 Å². The van der Waals surface area contributed by atoms with Gasteiger partial charge in [-0.25, -0.2) is 0 Å². The Morgan fingerprint density at radius 1 is 1.19 bits per heavy atom. The first-order valence-corrected chi connectivity index (χ1v) is 11.3. The fourth-order valence-electron chi connectivity index (χ4n) is 5.07. The lowest BCUT2D eigenvalue weighted by Crippen LogP contribution is -2.66. The van der Waals surface area contributed by atoms with E-state index in [-0.39, 0.29) is 18.4 Å². The molecule has 1 saturated heterocycles. The van der Waals surface area contributed by atoms with E-state index in [1.165, 1.54) is 18.1 Å². The number of nitrogens with zero attached hydrogens (tertiary/aromatic N) is 2. The van der Waals surface area contributed by atoms with Gasteiger partial charge in [0.05, 0.1) is 19.2 Å². The summed E-state index contributed by atoms with van der Waals surface area (Å²) in [6.07, 6.45) is 4.37. The minimum atomic E-state index is -0.498. The van der Waals surface area contributed by atoms with Crippen LogP contribution in [0.4, 0.5) is 0 Å². The maximum atomic E-state index is 13.3. The van der Waals surface area contributed by atoms with E-state index in [4.69, 9.17) is 16.3 Å². The lowest BCUT2D eigenvalue weighted by Gasteiger charge is -2.46. The van der Waals surface area contributed by atoms with Crippen molar-refractivity contribution in [1.29, 1.82) is 0 Å². The second-order valence-electron chi connectivity index (χ2n) is 8.72. The van der Waals surface area contributed by atoms with Gasteiger partial charge in [0.1, 0.15) is 6.04 Å². The number of hydrogen-bond donors (Lipinski definition) is 1. The monoisotopic (exact) mass is 451 g/mol. The zero-order valence-corrected chi connectivity index (χ0v) is 18.8. The van der Waals surface area contributed by atoms with Gasteiger partial charge in [0, 0.05) is 35.2 Å². The highest BCUT2D eigenvalue weighted by Crippen LogP contribution is 2.50. The van der Waals surface area contributed by atoms with Crippen molar-refractivity contribution in [3.05, 3.63) is 70.9 Å². The molecule has 5 rings (SSSR count). The molecule has 1 unspecified atom stereocenters. The third-order valence-electron chi connectivity index (χ3n) is 6.84. The highest BCUT2D eigenvalue weighted by atomic mass is 35.5. The van der Waals surface area contributed by atoms with E-state index in [1.807, 2.05) is 58.5 Å². The smallest absolute Gasteiger partial charge is 0.325 e. The molecule has 1 aromatic heterocycles. The first-order valence-electron chi connectivity index (χ1n) is 10.9. The molecular formula is C25H26ClN3O3. The van der Waals surface area contributed by atoms with Crippen molar-refractivity contribution in [2.75, 3.05) is 20.2 Å². The first kappa shape index (κ1) is 21.0. The Bertz CT molecular complexity index is 1150. The van der Waals surface area contributed by atoms with Crippen LogP contribution in [0.15, 0.2) is 54.7 Å². The van der Waals surface area contributed by atoms with E-state index in [1.54, 1.807) is 0 Å². The third-order valence-corrected chi connectivity index (χ3v) is 7.09. The topological polar surface area (TPSA) is 65.6 Å². The molecule has 3 aromatic rings. The number of ether oxygens (including phenoxy) is 1. The van der Waals surface area contributed by atoms with Gasteiger partial charge in [0.25, 0.3) is 0 Å². The molecule has 2 heterocycles. The molecule has 1 aliphatic carbocycles. The maximum Gasteiger partial charge on any atom is 0.325 e. The van der Waals surface area contributed by atoms with Crippen LogP contribution in [0.5, 0.6) is 0 Å². The van der Waals surface area contributed by atoms with Crippen molar-refractivity contribution in [3.63, 3.8) is 0 Å². The van der Waals surface area contributed by atoms with Gasteiger partial charge < -0.3 is 14.6 Å². The molecule has 166 valence electrons. The molecule has 1 aliphatic heterocycles. The van der Waals surface area contributed by atoms with Crippen LogP contribution >= 0.6 is 11.6 Å². The normalized spacial score (nSPS) is 20.1. The Morgan fingerprint density at radius 2 is 1.94 bits per heavy atom. The molecule has 2 fully saturated rings. The van der Waals surface area contributed by atoms with Gasteiger partial charge in [-0.15, -0.1) is 0 Å². The SMILES string of the molecule is COC(=O)C1N(CCc2c[nH]c3ccccc23)CC(=O)N(Cc2ccc(Cl)cc2)C12CC2. The Labute approximate surface area is 192 Å². The quantitative estimate of drug-likeness (QED) is 0.579. The Morgan fingerprint density at radius 3 is 2.66 bits per heavy atom. The van der Waals surface area contributed by atoms with E-state index in [0.29, 0.717) is 18.1 Å². The summed E-state index contributed by atoms with van der Waals surface area (Å²) in [5.74, 6) is -0.216. The summed E-state index contributed by atoms with van der Waals surface area (Å²) in [4.78, 5) is 33.4. The lowest BCUT2D eigenvalue weighted by molar-refractivity contribution is -0.162. The number of amides is 1. The van der Waals surface area contributed by atoms with E-state index in [9.17, 15) is 9.59 Å². The molecule has 1 spiro atoms.